The standard InChI is InChI=1S/C30H23ClF3N7O2/c1-14(2)43-22-8-7-17(10-21(22)34)26-24-27(35)36-13-37-29(24)41(39-26)15(3)25-23(16-5-4-6-18(32)9-16)30(42)40-12-19(33)11-20(31)28(40)38-25/h4-15H,1-3H3,(H2,35,36,37)/t15-/m0/s1. The van der Waals surface area contributed by atoms with Gasteiger partial charge < -0.3 is 10.5 Å². The van der Waals surface area contributed by atoms with E-state index < -0.39 is 29.1 Å². The van der Waals surface area contributed by atoms with Gasteiger partial charge in [-0.25, -0.2) is 32.8 Å². The Balaban J connectivity index is 1.61. The maximum atomic E-state index is 15.0. The molecule has 43 heavy (non-hydrogen) atoms. The Morgan fingerprint density at radius 1 is 0.953 bits per heavy atom. The Kier molecular flexibility index (Phi) is 7.01. The van der Waals surface area contributed by atoms with Gasteiger partial charge in [0.25, 0.3) is 5.56 Å². The third-order valence-corrected chi connectivity index (χ3v) is 7.11. The lowest BCUT2D eigenvalue weighted by Crippen LogP contribution is -2.24. The van der Waals surface area contributed by atoms with E-state index in [0.29, 0.717) is 10.9 Å². The van der Waals surface area contributed by atoms with E-state index in [0.717, 1.165) is 16.7 Å². The molecule has 4 heterocycles. The molecule has 6 aromatic rings. The largest absolute Gasteiger partial charge is 0.488 e. The van der Waals surface area contributed by atoms with Crippen LogP contribution in [0.3, 0.4) is 0 Å². The highest BCUT2D eigenvalue weighted by atomic mass is 35.5. The number of ether oxygens (including phenoxy) is 1. The monoisotopic (exact) mass is 605 g/mol. The minimum Gasteiger partial charge on any atom is -0.488 e. The van der Waals surface area contributed by atoms with Gasteiger partial charge in [0.15, 0.2) is 22.9 Å². The smallest absolute Gasteiger partial charge is 0.266 e. The molecule has 13 heteroatoms. The molecule has 0 fully saturated rings. The van der Waals surface area contributed by atoms with Crippen LogP contribution in [0.4, 0.5) is 19.0 Å². The van der Waals surface area contributed by atoms with Gasteiger partial charge in [-0.3, -0.25) is 9.20 Å². The minimum absolute atomic E-state index is 0.000346. The van der Waals surface area contributed by atoms with Gasteiger partial charge in [0, 0.05) is 11.8 Å². The second kappa shape index (κ2) is 10.7. The Hall–Kier alpha value is -4.97. The van der Waals surface area contributed by atoms with Crippen molar-refractivity contribution in [2.24, 2.45) is 0 Å². The van der Waals surface area contributed by atoms with E-state index in [1.807, 2.05) is 0 Å². The molecule has 218 valence electrons. The predicted octanol–water partition coefficient (Wildman–Crippen LogP) is 6.22. The minimum atomic E-state index is -0.837. The fraction of sp³-hybridized carbons (Fsp3) is 0.167. The molecule has 2 aromatic carbocycles. The van der Waals surface area contributed by atoms with Gasteiger partial charge in [0.1, 0.15) is 29.5 Å². The SMILES string of the molecule is CC(C)Oc1ccc(-c2nn([C@@H](C)c3nc4c(Cl)cc(F)cn4c(=O)c3-c3cccc(F)c3)c3ncnc(N)c23)cc1F. The number of hydrogen-bond donors (Lipinski definition) is 1. The second-order valence-electron chi connectivity index (χ2n) is 10.1. The van der Waals surface area contributed by atoms with Crippen LogP contribution in [0.25, 0.3) is 39.1 Å². The number of nitrogen functional groups attached to an aromatic ring is 1. The van der Waals surface area contributed by atoms with Crippen molar-refractivity contribution in [1.82, 2.24) is 29.1 Å². The summed E-state index contributed by atoms with van der Waals surface area (Å²) in [6.07, 6.45) is 1.98. The van der Waals surface area contributed by atoms with E-state index in [1.54, 1.807) is 32.9 Å². The molecular formula is C30H23ClF3N7O2. The molecule has 4 aromatic heterocycles. The maximum absolute atomic E-state index is 15.0. The average Bonchev–Trinajstić information content (AvgIpc) is 3.35. The van der Waals surface area contributed by atoms with Crippen molar-refractivity contribution in [3.8, 4) is 28.1 Å². The van der Waals surface area contributed by atoms with Crippen LogP contribution in [-0.4, -0.2) is 35.2 Å². The molecule has 0 aliphatic rings. The van der Waals surface area contributed by atoms with Crippen LogP contribution in [0, 0.1) is 17.5 Å². The summed E-state index contributed by atoms with van der Waals surface area (Å²) >= 11 is 6.31. The number of aromatic nitrogens is 6. The number of pyridine rings is 1. The number of anilines is 1. The first-order valence-corrected chi connectivity index (χ1v) is 13.5. The quantitative estimate of drug-likeness (QED) is 0.240. The van der Waals surface area contributed by atoms with Gasteiger partial charge in [-0.15, -0.1) is 0 Å². The third-order valence-electron chi connectivity index (χ3n) is 6.84. The summed E-state index contributed by atoms with van der Waals surface area (Å²) in [4.78, 5) is 27.0. The van der Waals surface area contributed by atoms with Crippen molar-refractivity contribution < 1.29 is 17.9 Å². The van der Waals surface area contributed by atoms with Gasteiger partial charge in [-0.2, -0.15) is 5.10 Å². The summed E-state index contributed by atoms with van der Waals surface area (Å²) in [5.41, 5.74) is 6.87. The Morgan fingerprint density at radius 3 is 2.47 bits per heavy atom. The van der Waals surface area contributed by atoms with E-state index in [-0.39, 0.29) is 56.5 Å². The van der Waals surface area contributed by atoms with Gasteiger partial charge in [-0.1, -0.05) is 23.7 Å². The van der Waals surface area contributed by atoms with Crippen molar-refractivity contribution in [2.75, 3.05) is 5.73 Å². The molecular weight excluding hydrogens is 583 g/mol. The van der Waals surface area contributed by atoms with Gasteiger partial charge in [0.2, 0.25) is 0 Å². The van der Waals surface area contributed by atoms with Crippen LogP contribution in [0.2, 0.25) is 5.02 Å². The molecule has 6 rings (SSSR count). The average molecular weight is 606 g/mol. The van der Waals surface area contributed by atoms with Gasteiger partial charge in [0.05, 0.1) is 33.8 Å². The first kappa shape index (κ1) is 28.2. The van der Waals surface area contributed by atoms with E-state index in [9.17, 15) is 13.6 Å². The highest BCUT2D eigenvalue weighted by Gasteiger charge is 2.27. The van der Waals surface area contributed by atoms with Crippen molar-refractivity contribution >= 4 is 34.1 Å². The van der Waals surface area contributed by atoms with Crippen LogP contribution in [0.5, 0.6) is 5.75 Å². The number of benzene rings is 2. The van der Waals surface area contributed by atoms with Crippen molar-refractivity contribution in [1.29, 1.82) is 0 Å². The summed E-state index contributed by atoms with van der Waals surface area (Å²) in [5.74, 6) is -1.76. The van der Waals surface area contributed by atoms with E-state index in [4.69, 9.17) is 27.2 Å². The number of halogens is 4. The molecule has 0 amide bonds. The summed E-state index contributed by atoms with van der Waals surface area (Å²) in [6.45, 7) is 5.28. The topological polar surface area (TPSA) is 113 Å². The Bertz CT molecular complexity index is 2110. The highest BCUT2D eigenvalue weighted by molar-refractivity contribution is 6.33. The van der Waals surface area contributed by atoms with Crippen LogP contribution in [0.15, 0.2) is 65.8 Å². The highest BCUT2D eigenvalue weighted by Crippen LogP contribution is 2.36. The molecule has 0 saturated carbocycles. The zero-order valence-corrected chi connectivity index (χ0v) is 23.8. The molecule has 9 nitrogen and oxygen atoms in total. The van der Waals surface area contributed by atoms with E-state index >= 15 is 4.39 Å². The number of hydrogen-bond acceptors (Lipinski definition) is 7. The summed E-state index contributed by atoms with van der Waals surface area (Å²) < 4.78 is 51.6. The van der Waals surface area contributed by atoms with Gasteiger partial charge >= 0.3 is 0 Å². The fourth-order valence-electron chi connectivity index (χ4n) is 4.98. The van der Waals surface area contributed by atoms with E-state index in [2.05, 4.69) is 15.0 Å². The van der Waals surface area contributed by atoms with Crippen molar-refractivity contribution in [3.05, 3.63) is 99.6 Å². The molecule has 0 unspecified atom stereocenters. The lowest BCUT2D eigenvalue weighted by Gasteiger charge is -2.18. The number of nitrogens with two attached hydrogens (primary N) is 1. The first-order chi connectivity index (χ1) is 20.5. The molecule has 0 radical (unpaired) electrons. The lowest BCUT2D eigenvalue weighted by atomic mass is 10.0. The third kappa shape index (κ3) is 4.93. The number of nitrogens with zero attached hydrogens (tertiary/aromatic N) is 6. The predicted molar refractivity (Wildman–Crippen MR) is 157 cm³/mol. The molecule has 0 bridgehead atoms. The van der Waals surface area contributed by atoms with Crippen molar-refractivity contribution in [2.45, 2.75) is 32.9 Å². The van der Waals surface area contributed by atoms with E-state index in [1.165, 1.54) is 41.3 Å². The maximum Gasteiger partial charge on any atom is 0.266 e. The molecule has 0 aliphatic carbocycles. The normalized spacial score (nSPS) is 12.4. The number of rotatable bonds is 6. The zero-order chi connectivity index (χ0) is 30.6. The molecule has 0 aliphatic heterocycles. The second-order valence-corrected chi connectivity index (χ2v) is 10.5. The Morgan fingerprint density at radius 2 is 1.74 bits per heavy atom. The van der Waals surface area contributed by atoms with Crippen LogP contribution in [0.1, 0.15) is 32.5 Å². The number of fused-ring (bicyclic) bond motifs is 2. The molecule has 1 atom stereocenters. The summed E-state index contributed by atoms with van der Waals surface area (Å²) in [7, 11) is 0. The molecule has 2 N–H and O–H groups in total. The molecule has 0 saturated heterocycles. The summed E-state index contributed by atoms with van der Waals surface area (Å²) in [5, 5.41) is 4.98. The lowest BCUT2D eigenvalue weighted by molar-refractivity contribution is 0.231. The van der Waals surface area contributed by atoms with Crippen molar-refractivity contribution in [3.63, 3.8) is 0 Å². The molecule has 0 spiro atoms. The van der Waals surface area contributed by atoms with Crippen LogP contribution >= 0.6 is 11.6 Å². The summed E-state index contributed by atoms with van der Waals surface area (Å²) in [6, 6.07) is 10.0. The Labute approximate surface area is 247 Å². The van der Waals surface area contributed by atoms with Crippen LogP contribution < -0.4 is 16.0 Å². The van der Waals surface area contributed by atoms with Gasteiger partial charge in [-0.05, 0) is 62.7 Å². The fourth-order valence-corrected chi connectivity index (χ4v) is 5.22. The first-order valence-electron chi connectivity index (χ1n) is 13.2. The van der Waals surface area contributed by atoms with Crippen LogP contribution in [-0.2, 0) is 0 Å². The zero-order valence-electron chi connectivity index (χ0n) is 23.0.